The van der Waals surface area contributed by atoms with Crippen LogP contribution in [0.4, 0.5) is 11.4 Å². The highest BCUT2D eigenvalue weighted by Gasteiger charge is 2.28. The number of amides is 2. The van der Waals surface area contributed by atoms with Crippen molar-refractivity contribution in [2.75, 3.05) is 130 Å². The van der Waals surface area contributed by atoms with Gasteiger partial charge in [-0.15, -0.1) is 0 Å². The summed E-state index contributed by atoms with van der Waals surface area (Å²) in [5.74, 6) is -0.425. The van der Waals surface area contributed by atoms with E-state index in [9.17, 15) is 24.0 Å². The molecule has 2 amide bonds. The number of benzene rings is 3. The molecule has 18 heteroatoms. The smallest absolute Gasteiger partial charge is 0.320 e. The van der Waals surface area contributed by atoms with Gasteiger partial charge in [-0.25, -0.2) is 0 Å². The molecule has 18 nitrogen and oxygen atoms in total. The highest BCUT2D eigenvalue weighted by Crippen LogP contribution is 2.35. The number of carbonyl (C=O) groups excluding carboxylic acids is 5. The summed E-state index contributed by atoms with van der Waals surface area (Å²) in [6.07, 6.45) is 4.12. The fourth-order valence-electron chi connectivity index (χ4n) is 9.06. The van der Waals surface area contributed by atoms with Gasteiger partial charge in [-0.3, -0.25) is 33.8 Å². The summed E-state index contributed by atoms with van der Waals surface area (Å²) in [5, 5.41) is 12.4. The Morgan fingerprint density at radius 1 is 0.500 bits per heavy atom. The quantitative estimate of drug-likeness (QED) is 0.0184. The third kappa shape index (κ3) is 30.8. The van der Waals surface area contributed by atoms with Gasteiger partial charge in [0.05, 0.1) is 45.0 Å². The molecule has 0 aliphatic carbocycles. The van der Waals surface area contributed by atoms with Crippen LogP contribution in [0.5, 0.6) is 5.75 Å². The van der Waals surface area contributed by atoms with E-state index in [1.54, 1.807) is 0 Å². The zero-order valence-corrected chi connectivity index (χ0v) is 54.5. The number of nitrogens with zero attached hydrogens (tertiary/aromatic N) is 4. The first-order chi connectivity index (χ1) is 39.2. The van der Waals surface area contributed by atoms with Gasteiger partial charge in [0.15, 0.2) is 0 Å². The lowest BCUT2D eigenvalue weighted by atomic mass is 9.84. The Morgan fingerprint density at radius 2 is 0.940 bits per heavy atom. The lowest BCUT2D eigenvalue weighted by Crippen LogP contribution is -2.46. The molecule has 0 saturated heterocycles. The van der Waals surface area contributed by atoms with Gasteiger partial charge in [-0.1, -0.05) is 50.2 Å². The van der Waals surface area contributed by atoms with Crippen molar-refractivity contribution in [2.45, 2.75) is 157 Å². The summed E-state index contributed by atoms with van der Waals surface area (Å²) < 4.78 is 29.2. The summed E-state index contributed by atoms with van der Waals surface area (Å²) in [6.45, 7) is 29.6. The first-order valence-corrected chi connectivity index (χ1v) is 30.2. The third-order valence-electron chi connectivity index (χ3n) is 14.0. The minimum atomic E-state index is -0.665. The zero-order valence-electron chi connectivity index (χ0n) is 54.5. The largest absolute Gasteiger partial charge is 0.494 e. The second-order valence-corrected chi connectivity index (χ2v) is 26.4. The van der Waals surface area contributed by atoms with Gasteiger partial charge in [-0.2, -0.15) is 0 Å². The highest BCUT2D eigenvalue weighted by molar-refractivity contribution is 5.78. The lowest BCUT2D eigenvalue weighted by Gasteiger charge is -2.34. The number of ether oxygens (including phenoxy) is 5. The first kappa shape index (κ1) is 72.5. The first-order valence-electron chi connectivity index (χ1n) is 30.2. The maximum absolute atomic E-state index is 13.0. The zero-order chi connectivity index (χ0) is 62.7. The summed E-state index contributed by atoms with van der Waals surface area (Å²) >= 11 is 0. The summed E-state index contributed by atoms with van der Waals surface area (Å²) in [6, 6.07) is 25.8. The topological polar surface area (TPSA) is 193 Å². The van der Waals surface area contributed by atoms with E-state index < -0.39 is 22.4 Å². The minimum absolute atomic E-state index is 0.00252. The molecule has 3 aromatic rings. The minimum Gasteiger partial charge on any atom is -0.494 e. The number of carbonyl (C=O) groups is 5. The van der Waals surface area contributed by atoms with Crippen LogP contribution in [0.15, 0.2) is 72.8 Å². The van der Waals surface area contributed by atoms with Crippen LogP contribution in [0.25, 0.3) is 0 Å². The van der Waals surface area contributed by atoms with E-state index in [1.807, 2.05) is 112 Å². The second-order valence-electron chi connectivity index (χ2n) is 26.4. The van der Waals surface area contributed by atoms with Crippen molar-refractivity contribution in [3.8, 4) is 5.75 Å². The average Bonchev–Trinajstić information content (AvgIpc) is 2.23. The average molecular weight is 1170 g/mol. The molecule has 1 atom stereocenters. The second kappa shape index (κ2) is 35.0. The fraction of sp³-hybridized carbons (Fsp3) is 0.652. The molecule has 4 N–H and O–H groups in total. The van der Waals surface area contributed by atoms with Crippen LogP contribution in [-0.4, -0.2) is 182 Å². The van der Waals surface area contributed by atoms with Crippen LogP contribution in [0.3, 0.4) is 0 Å². The highest BCUT2D eigenvalue weighted by atomic mass is 16.6. The van der Waals surface area contributed by atoms with E-state index in [4.69, 9.17) is 23.7 Å². The maximum atomic E-state index is 13.0. The molecule has 0 fully saturated rings. The normalized spacial score (nSPS) is 12.9. The van der Waals surface area contributed by atoms with Crippen LogP contribution < -0.4 is 35.8 Å². The number of hydrogen-bond acceptors (Lipinski definition) is 16. The van der Waals surface area contributed by atoms with Gasteiger partial charge in [0.25, 0.3) is 0 Å². The molecule has 0 spiro atoms. The molecule has 3 aromatic carbocycles. The lowest BCUT2D eigenvalue weighted by molar-refractivity contribution is -0.158. The molecule has 84 heavy (non-hydrogen) atoms. The molecule has 3 rings (SSSR count). The van der Waals surface area contributed by atoms with E-state index in [-0.39, 0.29) is 67.2 Å². The van der Waals surface area contributed by atoms with Gasteiger partial charge in [-0.05, 0) is 167 Å². The molecule has 472 valence electrons. The molecular formula is C66H108N8O10. The van der Waals surface area contributed by atoms with Gasteiger partial charge < -0.3 is 54.8 Å². The monoisotopic (exact) mass is 1170 g/mol. The van der Waals surface area contributed by atoms with Crippen LogP contribution in [-0.2, 0) is 42.9 Å². The Balaban J connectivity index is 1.39. The Labute approximate surface area is 505 Å². The molecule has 0 saturated carbocycles. The van der Waals surface area contributed by atoms with Crippen molar-refractivity contribution in [3.63, 3.8) is 0 Å². The summed E-state index contributed by atoms with van der Waals surface area (Å²) in [5.41, 5.74) is 3.43. The molecule has 1 unspecified atom stereocenters. The molecular weight excluding hydrogens is 1060 g/mol. The molecule has 0 bridgehead atoms. The maximum Gasteiger partial charge on any atom is 0.320 e. The number of anilines is 2. The third-order valence-corrected chi connectivity index (χ3v) is 14.0. The van der Waals surface area contributed by atoms with Crippen LogP contribution >= 0.6 is 0 Å². The van der Waals surface area contributed by atoms with Crippen LogP contribution in [0.1, 0.15) is 151 Å². The Morgan fingerprint density at radius 3 is 1.39 bits per heavy atom. The van der Waals surface area contributed by atoms with E-state index in [0.717, 1.165) is 42.8 Å². The number of hydrogen-bond donors (Lipinski definition) is 4. The van der Waals surface area contributed by atoms with Crippen molar-refractivity contribution >= 4 is 41.1 Å². The number of nitrogens with one attached hydrogen (secondary N) is 4. The SMILES string of the molecule is CCC(C)(CCNC(=O)CNCCN(CCN(CCNCC(=O)OC(C)(C)C)CC(=O)OC(C)(C)C)CC(=O)OC(C)(C)C)COC(C)(C)CCCNC(=O)CCCOc1ccc(C(c2ccc(N(C)C)cc2)c2ccc(N(C)C)cc2)cc1. The summed E-state index contributed by atoms with van der Waals surface area (Å²) in [7, 11) is 8.20. The van der Waals surface area contributed by atoms with E-state index in [0.29, 0.717) is 78.4 Å². The van der Waals surface area contributed by atoms with E-state index >= 15 is 0 Å². The molecule has 0 heterocycles. The van der Waals surface area contributed by atoms with Gasteiger partial charge in [0.1, 0.15) is 22.6 Å². The molecule has 0 aliphatic heterocycles. The standard InChI is InChI=1S/C66H108N8O10/c1-18-66(13,35-37-70-57(76)45-67-38-40-73(47-59(78)83-63(5,6)7)42-43-74(48-60(79)84-64(8,9)10)41-39-68-46-58(77)82-62(2,3)4)49-81-65(11,12)34-20-36-69-56(75)21-19-44-80-55-32-26-52(27-33-55)61(50-22-28-53(29-23-50)71(14)15)51-24-30-54(31-25-51)72(16)17/h22-33,61,67-68H,18-21,34-49H2,1-17H3,(H,69,75)(H,70,76). The Kier molecular flexibility index (Phi) is 30.2. The van der Waals surface area contributed by atoms with Crippen molar-refractivity contribution in [3.05, 3.63) is 89.5 Å². The van der Waals surface area contributed by atoms with Crippen molar-refractivity contribution in [1.82, 2.24) is 31.1 Å². The van der Waals surface area contributed by atoms with Crippen molar-refractivity contribution < 1.29 is 47.7 Å². The Hall–Kier alpha value is -5.79. The number of rotatable bonds is 38. The number of esters is 3. The molecule has 0 aliphatic rings. The molecule has 0 radical (unpaired) electrons. The van der Waals surface area contributed by atoms with Crippen molar-refractivity contribution in [1.29, 1.82) is 0 Å². The van der Waals surface area contributed by atoms with E-state index in [1.165, 1.54) is 16.7 Å². The molecule has 0 aromatic heterocycles. The van der Waals surface area contributed by atoms with Gasteiger partial charge >= 0.3 is 17.9 Å². The Bertz CT molecular complexity index is 2380. The van der Waals surface area contributed by atoms with Crippen LogP contribution in [0.2, 0.25) is 0 Å². The van der Waals surface area contributed by atoms with Gasteiger partial charge in [0.2, 0.25) is 11.8 Å². The summed E-state index contributed by atoms with van der Waals surface area (Å²) in [4.78, 5) is 72.1. The van der Waals surface area contributed by atoms with E-state index in [2.05, 4.69) is 119 Å². The van der Waals surface area contributed by atoms with Crippen molar-refractivity contribution in [2.24, 2.45) is 5.41 Å². The predicted octanol–water partition coefficient (Wildman–Crippen LogP) is 8.58. The fourth-order valence-corrected chi connectivity index (χ4v) is 9.06. The van der Waals surface area contributed by atoms with Crippen LogP contribution in [0, 0.1) is 5.41 Å². The van der Waals surface area contributed by atoms with Gasteiger partial charge in [0, 0.05) is 104 Å². The predicted molar refractivity (Wildman–Crippen MR) is 338 cm³/mol.